The molecule has 130 valence electrons. The maximum atomic E-state index is 14.6. The fourth-order valence-electron chi connectivity index (χ4n) is 3.12. The third-order valence-corrected chi connectivity index (χ3v) is 4.45. The lowest BCUT2D eigenvalue weighted by Gasteiger charge is -2.20. The van der Waals surface area contributed by atoms with Crippen LogP contribution in [-0.2, 0) is 0 Å². The van der Waals surface area contributed by atoms with Gasteiger partial charge in [0.1, 0.15) is 11.7 Å². The largest absolute Gasteiger partial charge is 0.337 e. The van der Waals surface area contributed by atoms with Crippen molar-refractivity contribution in [3.05, 3.63) is 47.8 Å². The van der Waals surface area contributed by atoms with E-state index in [0.29, 0.717) is 30.3 Å². The van der Waals surface area contributed by atoms with Gasteiger partial charge in [0.25, 0.3) is 5.91 Å². The number of rotatable bonds is 3. The number of fused-ring (bicyclic) bond motifs is 1. The standard InChI is InChI=1S/C17H18FN5O2/c1-10(2)15-20-16(25-21-15)11-6-5-9-22(11)17(24)13-14(18)23-8-4-3-7-12(23)19-13/h3-4,7-8,10-11H,5-6,9H2,1-2H3/t11-/m0/s1. The minimum Gasteiger partial charge on any atom is -0.337 e. The van der Waals surface area contributed by atoms with Crippen LogP contribution in [0.15, 0.2) is 28.9 Å². The smallest absolute Gasteiger partial charge is 0.277 e. The number of likely N-dealkylation sites (tertiary alicyclic amines) is 1. The number of nitrogens with zero attached hydrogens (tertiary/aromatic N) is 5. The number of imidazole rings is 1. The van der Waals surface area contributed by atoms with Gasteiger partial charge in [0, 0.05) is 18.7 Å². The van der Waals surface area contributed by atoms with Gasteiger partial charge < -0.3 is 9.42 Å². The van der Waals surface area contributed by atoms with Crippen LogP contribution in [0.3, 0.4) is 0 Å². The maximum absolute atomic E-state index is 14.6. The average Bonchev–Trinajstić information content (AvgIpc) is 3.32. The SMILES string of the molecule is CC(C)c1noc([C@@H]2CCCN2C(=O)c2nc3ccccn3c2F)n1. The second-order valence-corrected chi connectivity index (χ2v) is 6.48. The molecule has 0 spiro atoms. The van der Waals surface area contributed by atoms with Crippen molar-refractivity contribution in [1.82, 2.24) is 24.4 Å². The van der Waals surface area contributed by atoms with Gasteiger partial charge in [0.15, 0.2) is 11.5 Å². The van der Waals surface area contributed by atoms with Gasteiger partial charge in [-0.05, 0) is 25.0 Å². The van der Waals surface area contributed by atoms with Crippen LogP contribution in [0.2, 0.25) is 0 Å². The minimum absolute atomic E-state index is 0.138. The highest BCUT2D eigenvalue weighted by Crippen LogP contribution is 2.33. The highest BCUT2D eigenvalue weighted by molar-refractivity contribution is 5.93. The summed E-state index contributed by atoms with van der Waals surface area (Å²) >= 11 is 0. The molecule has 0 bridgehead atoms. The first-order chi connectivity index (χ1) is 12.1. The molecule has 3 aromatic rings. The van der Waals surface area contributed by atoms with Crippen LogP contribution in [0.5, 0.6) is 0 Å². The van der Waals surface area contributed by atoms with Gasteiger partial charge in [-0.1, -0.05) is 25.1 Å². The second-order valence-electron chi connectivity index (χ2n) is 6.48. The molecule has 0 unspecified atom stereocenters. The number of halogens is 1. The zero-order valence-electron chi connectivity index (χ0n) is 14.0. The van der Waals surface area contributed by atoms with Crippen LogP contribution in [0, 0.1) is 5.95 Å². The van der Waals surface area contributed by atoms with E-state index in [-0.39, 0.29) is 17.7 Å². The fourth-order valence-corrected chi connectivity index (χ4v) is 3.12. The van der Waals surface area contributed by atoms with Gasteiger partial charge in [-0.15, -0.1) is 0 Å². The first kappa shape index (κ1) is 15.7. The van der Waals surface area contributed by atoms with Crippen LogP contribution >= 0.6 is 0 Å². The normalized spacial score (nSPS) is 17.8. The number of carbonyl (C=O) groups is 1. The molecule has 4 rings (SSSR count). The van der Waals surface area contributed by atoms with Gasteiger partial charge in [-0.3, -0.25) is 9.20 Å². The summed E-state index contributed by atoms with van der Waals surface area (Å²) in [6.45, 7) is 4.45. The molecule has 3 aromatic heterocycles. The third-order valence-electron chi connectivity index (χ3n) is 4.45. The molecule has 4 heterocycles. The summed E-state index contributed by atoms with van der Waals surface area (Å²) in [4.78, 5) is 23.0. The molecule has 1 saturated heterocycles. The molecule has 1 aliphatic heterocycles. The zero-order chi connectivity index (χ0) is 17.6. The third kappa shape index (κ3) is 2.57. The molecule has 25 heavy (non-hydrogen) atoms. The molecule has 0 radical (unpaired) electrons. The Bertz CT molecular complexity index is 932. The summed E-state index contributed by atoms with van der Waals surface area (Å²) in [6.07, 6.45) is 3.05. The van der Waals surface area contributed by atoms with Gasteiger partial charge in [-0.25, -0.2) is 4.98 Å². The maximum Gasteiger partial charge on any atom is 0.277 e. The Hall–Kier alpha value is -2.77. The molecule has 7 nitrogen and oxygen atoms in total. The molecule has 1 amide bonds. The Labute approximate surface area is 143 Å². The number of hydrogen-bond acceptors (Lipinski definition) is 5. The lowest BCUT2D eigenvalue weighted by molar-refractivity contribution is 0.0699. The molecule has 0 aliphatic carbocycles. The molecule has 1 aliphatic rings. The summed E-state index contributed by atoms with van der Waals surface area (Å²) in [6, 6.07) is 4.77. The van der Waals surface area contributed by atoms with E-state index in [4.69, 9.17) is 4.52 Å². The fraction of sp³-hybridized carbons (Fsp3) is 0.412. The van der Waals surface area contributed by atoms with Gasteiger partial charge in [0.2, 0.25) is 11.8 Å². The number of pyridine rings is 1. The number of amides is 1. The number of carbonyl (C=O) groups excluding carboxylic acids is 1. The van der Waals surface area contributed by atoms with E-state index in [9.17, 15) is 9.18 Å². The number of hydrogen-bond donors (Lipinski definition) is 0. The summed E-state index contributed by atoms with van der Waals surface area (Å²) in [5, 5.41) is 3.96. The van der Waals surface area contributed by atoms with E-state index in [1.165, 1.54) is 4.40 Å². The molecular formula is C17H18FN5O2. The predicted molar refractivity (Wildman–Crippen MR) is 86.5 cm³/mol. The lowest BCUT2D eigenvalue weighted by atomic mass is 10.2. The van der Waals surface area contributed by atoms with Crippen LogP contribution < -0.4 is 0 Å². The quantitative estimate of drug-likeness (QED) is 0.731. The first-order valence-electron chi connectivity index (χ1n) is 8.33. The zero-order valence-corrected chi connectivity index (χ0v) is 14.0. The summed E-state index contributed by atoms with van der Waals surface area (Å²) in [5.74, 6) is 0.0403. The van der Waals surface area contributed by atoms with Gasteiger partial charge in [0.05, 0.1) is 0 Å². The first-order valence-corrected chi connectivity index (χ1v) is 8.33. The Kier molecular flexibility index (Phi) is 3.74. The molecule has 1 fully saturated rings. The van der Waals surface area contributed by atoms with E-state index in [0.717, 1.165) is 6.42 Å². The lowest BCUT2D eigenvalue weighted by Crippen LogP contribution is -2.31. The summed E-state index contributed by atoms with van der Waals surface area (Å²) < 4.78 is 21.2. The molecular weight excluding hydrogens is 325 g/mol. The van der Waals surface area contributed by atoms with E-state index in [2.05, 4.69) is 15.1 Å². The molecule has 8 heteroatoms. The highest BCUT2D eigenvalue weighted by Gasteiger charge is 2.37. The summed E-state index contributed by atoms with van der Waals surface area (Å²) in [5.41, 5.74) is 0.223. The second kappa shape index (κ2) is 5.94. The Morgan fingerprint density at radius 1 is 1.36 bits per heavy atom. The van der Waals surface area contributed by atoms with E-state index in [1.54, 1.807) is 29.3 Å². The minimum atomic E-state index is -0.653. The Morgan fingerprint density at radius 2 is 2.20 bits per heavy atom. The monoisotopic (exact) mass is 343 g/mol. The van der Waals surface area contributed by atoms with Crippen LogP contribution in [0.25, 0.3) is 5.65 Å². The van der Waals surface area contributed by atoms with E-state index < -0.39 is 11.9 Å². The molecule has 1 atom stereocenters. The van der Waals surface area contributed by atoms with Gasteiger partial charge in [-0.2, -0.15) is 9.37 Å². The van der Waals surface area contributed by atoms with Crippen molar-refractivity contribution in [3.8, 4) is 0 Å². The summed E-state index contributed by atoms with van der Waals surface area (Å²) in [7, 11) is 0. The van der Waals surface area contributed by atoms with Crippen molar-refractivity contribution in [1.29, 1.82) is 0 Å². The Balaban J connectivity index is 1.66. The van der Waals surface area contributed by atoms with Crippen molar-refractivity contribution in [2.75, 3.05) is 6.54 Å². The van der Waals surface area contributed by atoms with Crippen molar-refractivity contribution in [2.45, 2.75) is 38.6 Å². The predicted octanol–water partition coefficient (Wildman–Crippen LogP) is 2.96. The van der Waals surface area contributed by atoms with Crippen molar-refractivity contribution >= 4 is 11.6 Å². The average molecular weight is 343 g/mol. The molecule has 0 N–H and O–H groups in total. The van der Waals surface area contributed by atoms with Crippen LogP contribution in [0.4, 0.5) is 4.39 Å². The van der Waals surface area contributed by atoms with Crippen molar-refractivity contribution in [3.63, 3.8) is 0 Å². The van der Waals surface area contributed by atoms with Gasteiger partial charge >= 0.3 is 0 Å². The number of aromatic nitrogens is 4. The van der Waals surface area contributed by atoms with Crippen molar-refractivity contribution < 1.29 is 13.7 Å². The van der Waals surface area contributed by atoms with E-state index in [1.807, 2.05) is 13.8 Å². The van der Waals surface area contributed by atoms with E-state index >= 15 is 0 Å². The Morgan fingerprint density at radius 3 is 2.92 bits per heavy atom. The molecule has 0 saturated carbocycles. The van der Waals surface area contributed by atoms with Crippen LogP contribution in [-0.4, -0.2) is 36.9 Å². The van der Waals surface area contributed by atoms with Crippen LogP contribution in [0.1, 0.15) is 60.9 Å². The highest BCUT2D eigenvalue weighted by atomic mass is 19.1. The topological polar surface area (TPSA) is 76.5 Å². The molecule has 0 aromatic carbocycles. The van der Waals surface area contributed by atoms with Crippen molar-refractivity contribution in [2.24, 2.45) is 0 Å².